The van der Waals surface area contributed by atoms with Crippen molar-refractivity contribution in [1.29, 1.82) is 5.41 Å². The summed E-state index contributed by atoms with van der Waals surface area (Å²) in [6.45, 7) is 7.66. The topological polar surface area (TPSA) is 88.6 Å². The van der Waals surface area contributed by atoms with Crippen LogP contribution in [0.3, 0.4) is 0 Å². The van der Waals surface area contributed by atoms with E-state index in [-0.39, 0.29) is 12.4 Å². The van der Waals surface area contributed by atoms with E-state index in [9.17, 15) is 5.11 Å². The lowest BCUT2D eigenvalue weighted by Gasteiger charge is -2.32. The first-order chi connectivity index (χ1) is 10.2. The molecule has 0 bridgehead atoms. The smallest absolute Gasteiger partial charge is 0.400 e. The molecule has 1 aromatic carbocycles. The zero-order chi connectivity index (χ0) is 16.5. The fourth-order valence-electron chi connectivity index (χ4n) is 2.25. The van der Waals surface area contributed by atoms with E-state index in [4.69, 9.17) is 20.5 Å². The Hall–Kier alpha value is -1.63. The van der Waals surface area contributed by atoms with Gasteiger partial charge in [0.15, 0.2) is 0 Å². The van der Waals surface area contributed by atoms with Gasteiger partial charge in [0.2, 0.25) is 0 Å². The first-order valence-corrected chi connectivity index (χ1v) is 7.28. The third-order valence-corrected chi connectivity index (χ3v) is 4.33. The molecular weight excluding hydrogens is 279 g/mol. The van der Waals surface area contributed by atoms with Crippen LogP contribution in [0.15, 0.2) is 29.7 Å². The average Bonchev–Trinajstić information content (AvgIpc) is 2.64. The van der Waals surface area contributed by atoms with Crippen LogP contribution >= 0.6 is 0 Å². The van der Waals surface area contributed by atoms with Gasteiger partial charge >= 0.3 is 7.12 Å². The van der Waals surface area contributed by atoms with Crippen LogP contribution in [0.2, 0.25) is 0 Å². The summed E-state index contributed by atoms with van der Waals surface area (Å²) < 4.78 is 11.9. The van der Waals surface area contributed by atoms with E-state index in [2.05, 4.69) is 0 Å². The van der Waals surface area contributed by atoms with E-state index >= 15 is 0 Å². The van der Waals surface area contributed by atoms with Crippen molar-refractivity contribution in [2.24, 2.45) is 5.73 Å². The Morgan fingerprint density at radius 3 is 2.27 bits per heavy atom. The van der Waals surface area contributed by atoms with Crippen molar-refractivity contribution in [2.75, 3.05) is 6.61 Å². The highest BCUT2D eigenvalue weighted by Crippen LogP contribution is 2.38. The lowest BCUT2D eigenvalue weighted by atomic mass is 9.77. The normalized spacial score (nSPS) is 20.2. The summed E-state index contributed by atoms with van der Waals surface area (Å²) in [4.78, 5) is 0. The highest BCUT2D eigenvalue weighted by molar-refractivity contribution is 6.55. The molecule has 1 heterocycles. The monoisotopic (exact) mass is 302 g/mol. The van der Waals surface area contributed by atoms with Crippen LogP contribution in [0, 0.1) is 5.41 Å². The number of rotatable bonds is 4. The molecule has 0 spiro atoms. The SMILES string of the molecule is CC1(C)OB(C(=Cc2ccccc2C(=N)N)CO)OC1(C)C. The molecule has 118 valence electrons. The Balaban J connectivity index is 2.36. The second-order valence-corrected chi connectivity index (χ2v) is 6.47. The number of benzene rings is 1. The molecule has 22 heavy (non-hydrogen) atoms. The van der Waals surface area contributed by atoms with Gasteiger partial charge in [-0.25, -0.2) is 0 Å². The van der Waals surface area contributed by atoms with Gasteiger partial charge in [0.1, 0.15) is 5.84 Å². The van der Waals surface area contributed by atoms with Gasteiger partial charge in [-0.05, 0) is 38.7 Å². The number of nitrogens with one attached hydrogen (secondary N) is 1. The van der Waals surface area contributed by atoms with Crippen molar-refractivity contribution in [2.45, 2.75) is 38.9 Å². The summed E-state index contributed by atoms with van der Waals surface area (Å²) in [6, 6.07) is 7.30. The minimum absolute atomic E-state index is 0.0157. The molecule has 1 aromatic rings. The second-order valence-electron chi connectivity index (χ2n) is 6.47. The first-order valence-electron chi connectivity index (χ1n) is 7.28. The van der Waals surface area contributed by atoms with Gasteiger partial charge in [-0.15, -0.1) is 0 Å². The van der Waals surface area contributed by atoms with E-state index in [1.165, 1.54) is 0 Å². The van der Waals surface area contributed by atoms with E-state index in [1.807, 2.05) is 45.9 Å². The average molecular weight is 302 g/mol. The van der Waals surface area contributed by atoms with E-state index in [0.29, 0.717) is 11.0 Å². The maximum Gasteiger partial charge on any atom is 0.492 e. The van der Waals surface area contributed by atoms with Crippen LogP contribution in [0.25, 0.3) is 6.08 Å². The lowest BCUT2D eigenvalue weighted by molar-refractivity contribution is 0.00578. The molecule has 0 saturated carbocycles. The number of hydrogen-bond acceptors (Lipinski definition) is 4. The third kappa shape index (κ3) is 3.09. The number of nitrogen functional groups attached to an aromatic ring is 1. The Bertz CT molecular complexity index is 595. The molecule has 5 nitrogen and oxygen atoms in total. The summed E-state index contributed by atoms with van der Waals surface area (Å²) in [5, 5.41) is 17.3. The molecule has 0 radical (unpaired) electrons. The van der Waals surface area contributed by atoms with E-state index in [1.54, 1.807) is 12.1 Å². The summed E-state index contributed by atoms with van der Waals surface area (Å²) in [7, 11) is -0.616. The van der Waals surface area contributed by atoms with Crippen LogP contribution in [0.1, 0.15) is 38.8 Å². The molecule has 6 heteroatoms. The van der Waals surface area contributed by atoms with Crippen molar-refractivity contribution in [3.63, 3.8) is 0 Å². The predicted octanol–water partition coefficient (Wildman–Crippen LogP) is 1.98. The highest BCUT2D eigenvalue weighted by atomic mass is 16.7. The van der Waals surface area contributed by atoms with Crippen LogP contribution in [0.4, 0.5) is 0 Å². The maximum absolute atomic E-state index is 9.70. The summed E-state index contributed by atoms with van der Waals surface area (Å²) in [5.74, 6) is -0.0157. The molecule has 0 unspecified atom stereocenters. The number of aliphatic hydroxyl groups excluding tert-OH is 1. The molecule has 1 aliphatic rings. The molecule has 0 amide bonds. The van der Waals surface area contributed by atoms with Crippen LogP contribution < -0.4 is 5.73 Å². The van der Waals surface area contributed by atoms with Crippen LogP contribution in [0.5, 0.6) is 0 Å². The summed E-state index contributed by atoms with van der Waals surface area (Å²) in [5.41, 5.74) is 6.65. The predicted molar refractivity (Wildman–Crippen MR) is 88.6 cm³/mol. The van der Waals surface area contributed by atoms with Crippen molar-refractivity contribution >= 4 is 19.0 Å². The van der Waals surface area contributed by atoms with Crippen molar-refractivity contribution in [1.82, 2.24) is 0 Å². The van der Waals surface area contributed by atoms with Gasteiger partial charge in [0.25, 0.3) is 0 Å². The number of aliphatic hydroxyl groups is 1. The number of hydrogen-bond donors (Lipinski definition) is 3. The Morgan fingerprint density at radius 1 is 1.23 bits per heavy atom. The van der Waals surface area contributed by atoms with Gasteiger partial charge < -0.3 is 20.1 Å². The molecule has 1 saturated heterocycles. The minimum atomic E-state index is -0.616. The van der Waals surface area contributed by atoms with Crippen molar-refractivity contribution in [3.05, 3.63) is 40.9 Å². The largest absolute Gasteiger partial charge is 0.492 e. The van der Waals surface area contributed by atoms with Crippen molar-refractivity contribution in [3.8, 4) is 0 Å². The Kier molecular flexibility index (Phi) is 4.47. The van der Waals surface area contributed by atoms with Gasteiger partial charge in [0, 0.05) is 5.56 Å². The molecule has 0 atom stereocenters. The number of nitrogens with two attached hydrogens (primary N) is 1. The molecule has 1 aliphatic heterocycles. The van der Waals surface area contributed by atoms with Gasteiger partial charge in [-0.3, -0.25) is 5.41 Å². The molecule has 0 aliphatic carbocycles. The molecular formula is C16H23BN2O3. The standard InChI is InChI=1S/C16H23BN2O3/c1-15(2)16(3,4)22-17(21-15)12(10-20)9-11-7-5-6-8-13(11)14(18)19/h5-9,20H,10H2,1-4H3,(H3,18,19). The Labute approximate surface area is 131 Å². The maximum atomic E-state index is 9.70. The lowest BCUT2D eigenvalue weighted by Crippen LogP contribution is -2.41. The summed E-state index contributed by atoms with van der Waals surface area (Å²) >= 11 is 0. The zero-order valence-corrected chi connectivity index (χ0v) is 13.5. The fraction of sp³-hybridized carbons (Fsp3) is 0.438. The molecule has 1 fully saturated rings. The van der Waals surface area contributed by atoms with Gasteiger partial charge in [-0.2, -0.15) is 0 Å². The molecule has 0 aromatic heterocycles. The zero-order valence-electron chi connectivity index (χ0n) is 13.5. The van der Waals surface area contributed by atoms with E-state index < -0.39 is 18.3 Å². The molecule has 4 N–H and O–H groups in total. The van der Waals surface area contributed by atoms with Gasteiger partial charge in [-0.1, -0.05) is 30.3 Å². The van der Waals surface area contributed by atoms with Crippen LogP contribution in [-0.2, 0) is 9.31 Å². The fourth-order valence-corrected chi connectivity index (χ4v) is 2.25. The highest BCUT2D eigenvalue weighted by Gasteiger charge is 2.52. The Morgan fingerprint density at radius 2 is 1.77 bits per heavy atom. The second kappa shape index (κ2) is 5.87. The molecule has 2 rings (SSSR count). The van der Waals surface area contributed by atoms with Gasteiger partial charge in [0.05, 0.1) is 17.8 Å². The van der Waals surface area contributed by atoms with E-state index in [0.717, 1.165) is 5.56 Å². The van der Waals surface area contributed by atoms with Crippen molar-refractivity contribution < 1.29 is 14.4 Å². The first kappa shape index (κ1) is 16.7. The summed E-state index contributed by atoms with van der Waals surface area (Å²) in [6.07, 6.45) is 1.78. The minimum Gasteiger partial charge on any atom is -0.400 e. The van der Waals surface area contributed by atoms with Crippen LogP contribution in [-0.4, -0.2) is 35.9 Å². The quantitative estimate of drug-likeness (QED) is 0.451. The number of amidine groups is 1. The third-order valence-electron chi connectivity index (χ3n) is 4.33.